The third-order valence-corrected chi connectivity index (χ3v) is 1.42. The summed E-state index contributed by atoms with van der Waals surface area (Å²) in [5.41, 5.74) is -0.0276. The van der Waals surface area contributed by atoms with Gasteiger partial charge in [-0.05, 0) is 11.8 Å². The molecule has 0 unspecified atom stereocenters. The van der Waals surface area contributed by atoms with Gasteiger partial charge in [0.25, 0.3) is 0 Å². The Morgan fingerprint density at radius 3 is 2.64 bits per heavy atom. The van der Waals surface area contributed by atoms with E-state index in [-0.39, 0.29) is 5.41 Å². The van der Waals surface area contributed by atoms with E-state index in [0.717, 1.165) is 6.42 Å². The molecule has 0 atom stereocenters. The molecule has 0 spiro atoms. The minimum absolute atomic E-state index is 0.0276. The molecule has 0 bridgehead atoms. The van der Waals surface area contributed by atoms with E-state index in [9.17, 15) is 4.79 Å². The second-order valence-electron chi connectivity index (χ2n) is 3.32. The van der Waals surface area contributed by atoms with Gasteiger partial charge in [-0.25, -0.2) is 4.79 Å². The van der Waals surface area contributed by atoms with Crippen LogP contribution in [0.25, 0.3) is 0 Å². The molecular formula is C8H15NO2. The fourth-order valence-corrected chi connectivity index (χ4v) is 0.778. The van der Waals surface area contributed by atoms with E-state index in [1.165, 1.54) is 0 Å². The number of allylic oxidation sites excluding steroid dienone is 1. The molecule has 3 heteroatoms. The summed E-state index contributed by atoms with van der Waals surface area (Å²) in [7, 11) is 0. The second kappa shape index (κ2) is 4.01. The number of nitrogens with one attached hydrogen (secondary N) is 1. The van der Waals surface area contributed by atoms with Gasteiger partial charge in [-0.3, -0.25) is 0 Å². The van der Waals surface area contributed by atoms with Gasteiger partial charge < -0.3 is 10.4 Å². The van der Waals surface area contributed by atoms with Gasteiger partial charge in [0.15, 0.2) is 0 Å². The number of hydrogen-bond acceptors (Lipinski definition) is 1. The molecule has 0 rings (SSSR count). The Morgan fingerprint density at radius 1 is 1.73 bits per heavy atom. The number of carbonyl (C=O) groups is 1. The van der Waals surface area contributed by atoms with Crippen molar-refractivity contribution in [3.8, 4) is 0 Å². The van der Waals surface area contributed by atoms with E-state index in [2.05, 4.69) is 11.9 Å². The monoisotopic (exact) mass is 157 g/mol. The third kappa shape index (κ3) is 5.45. The highest BCUT2D eigenvalue weighted by Gasteiger charge is 2.16. The summed E-state index contributed by atoms with van der Waals surface area (Å²) in [6.45, 7) is 8.05. The molecule has 0 saturated carbocycles. The van der Waals surface area contributed by atoms with Crippen molar-refractivity contribution in [2.24, 2.45) is 5.41 Å². The van der Waals surface area contributed by atoms with Gasteiger partial charge in [-0.1, -0.05) is 19.9 Å². The zero-order chi connectivity index (χ0) is 8.91. The van der Waals surface area contributed by atoms with Crippen LogP contribution >= 0.6 is 0 Å². The highest BCUT2D eigenvalue weighted by Crippen LogP contribution is 2.18. The van der Waals surface area contributed by atoms with Crippen molar-refractivity contribution in [2.75, 3.05) is 6.54 Å². The van der Waals surface area contributed by atoms with E-state index in [1.807, 2.05) is 13.8 Å². The van der Waals surface area contributed by atoms with Crippen molar-refractivity contribution in [1.82, 2.24) is 5.32 Å². The maximum absolute atomic E-state index is 10.1. The maximum atomic E-state index is 10.1. The third-order valence-electron chi connectivity index (χ3n) is 1.42. The van der Waals surface area contributed by atoms with Crippen molar-refractivity contribution in [2.45, 2.75) is 20.3 Å². The predicted molar refractivity (Wildman–Crippen MR) is 44.6 cm³/mol. The summed E-state index contributed by atoms with van der Waals surface area (Å²) in [4.78, 5) is 10.1. The van der Waals surface area contributed by atoms with Crippen LogP contribution in [0.15, 0.2) is 12.7 Å². The first-order chi connectivity index (χ1) is 4.98. The number of carboxylic acid groups (broad SMARTS) is 1. The molecule has 0 fully saturated rings. The molecule has 0 aliphatic heterocycles. The van der Waals surface area contributed by atoms with E-state index in [4.69, 9.17) is 5.11 Å². The van der Waals surface area contributed by atoms with E-state index in [1.54, 1.807) is 6.08 Å². The fraction of sp³-hybridized carbons (Fsp3) is 0.625. The van der Waals surface area contributed by atoms with Crippen LogP contribution < -0.4 is 5.32 Å². The van der Waals surface area contributed by atoms with Crippen LogP contribution in [-0.4, -0.2) is 17.7 Å². The van der Waals surface area contributed by atoms with Gasteiger partial charge in [0, 0.05) is 6.54 Å². The zero-order valence-corrected chi connectivity index (χ0v) is 7.05. The lowest BCUT2D eigenvalue weighted by Crippen LogP contribution is -2.32. The van der Waals surface area contributed by atoms with Gasteiger partial charge >= 0.3 is 6.09 Å². The molecule has 2 N–H and O–H groups in total. The van der Waals surface area contributed by atoms with Crippen LogP contribution in [0.4, 0.5) is 4.79 Å². The minimum atomic E-state index is -0.970. The van der Waals surface area contributed by atoms with Gasteiger partial charge in [0.2, 0.25) is 0 Å². The zero-order valence-electron chi connectivity index (χ0n) is 7.05. The molecule has 0 aromatic heterocycles. The van der Waals surface area contributed by atoms with Crippen LogP contribution in [0, 0.1) is 5.41 Å². The van der Waals surface area contributed by atoms with Crippen molar-refractivity contribution < 1.29 is 9.90 Å². The Kier molecular flexibility index (Phi) is 3.65. The molecule has 0 aliphatic rings. The normalized spacial score (nSPS) is 10.7. The van der Waals surface area contributed by atoms with Crippen molar-refractivity contribution in [3.63, 3.8) is 0 Å². The van der Waals surface area contributed by atoms with Crippen LogP contribution in [0.3, 0.4) is 0 Å². The molecule has 3 nitrogen and oxygen atoms in total. The largest absolute Gasteiger partial charge is 0.465 e. The topological polar surface area (TPSA) is 49.3 Å². The van der Waals surface area contributed by atoms with E-state index < -0.39 is 6.09 Å². The summed E-state index contributed by atoms with van der Waals surface area (Å²) in [6.07, 6.45) is 1.64. The Hall–Kier alpha value is -0.990. The minimum Gasteiger partial charge on any atom is -0.465 e. The molecule has 1 amide bonds. The van der Waals surface area contributed by atoms with Crippen LogP contribution in [0.1, 0.15) is 20.3 Å². The maximum Gasteiger partial charge on any atom is 0.404 e. The quantitative estimate of drug-likeness (QED) is 0.612. The Morgan fingerprint density at radius 2 is 2.27 bits per heavy atom. The smallest absolute Gasteiger partial charge is 0.404 e. The first kappa shape index (κ1) is 10.0. The Labute approximate surface area is 67.1 Å². The number of hydrogen-bond donors (Lipinski definition) is 2. The average Bonchev–Trinajstić information content (AvgIpc) is 1.84. The van der Waals surface area contributed by atoms with Gasteiger partial charge in [-0.2, -0.15) is 0 Å². The van der Waals surface area contributed by atoms with Gasteiger partial charge in [-0.15, -0.1) is 6.58 Å². The molecule has 0 aromatic rings. The summed E-state index contributed by atoms with van der Waals surface area (Å²) >= 11 is 0. The average molecular weight is 157 g/mol. The molecule has 0 saturated heterocycles. The number of amides is 1. The predicted octanol–water partition coefficient (Wildman–Crippen LogP) is 1.86. The lowest BCUT2D eigenvalue weighted by Gasteiger charge is -2.21. The Balaban J connectivity index is 3.71. The van der Waals surface area contributed by atoms with Crippen LogP contribution in [0.2, 0.25) is 0 Å². The number of rotatable bonds is 4. The summed E-state index contributed by atoms with van der Waals surface area (Å²) in [5, 5.41) is 10.6. The van der Waals surface area contributed by atoms with E-state index >= 15 is 0 Å². The highest BCUT2D eigenvalue weighted by molar-refractivity contribution is 5.64. The lowest BCUT2D eigenvalue weighted by atomic mass is 9.89. The standard InChI is InChI=1S/C8H15NO2/c1-4-5-8(2,3)6-9-7(10)11/h4,9H,1,5-6H2,2-3H3,(H,10,11). The second-order valence-corrected chi connectivity index (χ2v) is 3.32. The summed E-state index contributed by atoms with van der Waals surface area (Å²) in [5.74, 6) is 0. The van der Waals surface area contributed by atoms with Crippen LogP contribution in [0.5, 0.6) is 0 Å². The Bertz CT molecular complexity index is 152. The van der Waals surface area contributed by atoms with Crippen molar-refractivity contribution in [1.29, 1.82) is 0 Å². The lowest BCUT2D eigenvalue weighted by molar-refractivity contribution is 0.188. The van der Waals surface area contributed by atoms with Crippen molar-refractivity contribution >= 4 is 6.09 Å². The fourth-order valence-electron chi connectivity index (χ4n) is 0.778. The van der Waals surface area contributed by atoms with Crippen LogP contribution in [-0.2, 0) is 0 Å². The molecular weight excluding hydrogens is 142 g/mol. The first-order valence-electron chi connectivity index (χ1n) is 3.55. The molecule has 0 heterocycles. The highest BCUT2D eigenvalue weighted by atomic mass is 16.4. The van der Waals surface area contributed by atoms with Gasteiger partial charge in [0.1, 0.15) is 0 Å². The molecule has 64 valence electrons. The molecule has 0 aromatic carbocycles. The van der Waals surface area contributed by atoms with E-state index in [0.29, 0.717) is 6.54 Å². The van der Waals surface area contributed by atoms with Crippen molar-refractivity contribution in [3.05, 3.63) is 12.7 Å². The first-order valence-corrected chi connectivity index (χ1v) is 3.55. The summed E-state index contributed by atoms with van der Waals surface area (Å²) in [6, 6.07) is 0. The SMILES string of the molecule is C=CCC(C)(C)CNC(=O)O. The molecule has 0 radical (unpaired) electrons. The molecule has 11 heavy (non-hydrogen) atoms. The summed E-state index contributed by atoms with van der Waals surface area (Å²) < 4.78 is 0. The molecule has 0 aliphatic carbocycles. The van der Waals surface area contributed by atoms with Gasteiger partial charge in [0.05, 0.1) is 0 Å².